The van der Waals surface area contributed by atoms with Crippen LogP contribution in [0.5, 0.6) is 0 Å². The monoisotopic (exact) mass is 380 g/mol. The average molecular weight is 380 g/mol. The molecule has 25 heavy (non-hydrogen) atoms. The van der Waals surface area contributed by atoms with Gasteiger partial charge in [-0.3, -0.25) is 4.79 Å². The van der Waals surface area contributed by atoms with Crippen LogP contribution in [0.3, 0.4) is 0 Å². The Balaban J connectivity index is 1.93. The molecule has 3 atom stereocenters. The first-order chi connectivity index (χ1) is 11.6. The van der Waals surface area contributed by atoms with Crippen molar-refractivity contribution in [3.63, 3.8) is 0 Å². The molecule has 1 aliphatic rings. The summed E-state index contributed by atoms with van der Waals surface area (Å²) in [7, 11) is 0. The quantitative estimate of drug-likeness (QED) is 0.480. The van der Waals surface area contributed by atoms with Gasteiger partial charge in [0.15, 0.2) is 0 Å². The van der Waals surface area contributed by atoms with Crippen molar-refractivity contribution in [2.24, 2.45) is 17.8 Å². The first-order valence-corrected chi connectivity index (χ1v) is 9.18. The van der Waals surface area contributed by atoms with Crippen LogP contribution < -0.4 is 5.84 Å². The van der Waals surface area contributed by atoms with Crippen LogP contribution in [0.25, 0.3) is 0 Å². The van der Waals surface area contributed by atoms with Crippen LogP contribution >= 0.6 is 11.8 Å². The zero-order valence-corrected chi connectivity index (χ0v) is 15.2. The molecule has 1 aromatic heterocycles. The van der Waals surface area contributed by atoms with Gasteiger partial charge in [0, 0.05) is 0 Å². The van der Waals surface area contributed by atoms with Gasteiger partial charge in [-0.1, -0.05) is 39.0 Å². The van der Waals surface area contributed by atoms with E-state index in [0.717, 1.165) is 31.0 Å². The van der Waals surface area contributed by atoms with E-state index in [1.54, 1.807) is 0 Å². The Morgan fingerprint density at radius 3 is 2.64 bits per heavy atom. The fourth-order valence-corrected chi connectivity index (χ4v) is 3.78. The van der Waals surface area contributed by atoms with E-state index in [9.17, 15) is 18.0 Å². The van der Waals surface area contributed by atoms with Crippen molar-refractivity contribution in [2.75, 3.05) is 11.6 Å². The molecule has 1 fully saturated rings. The molecule has 6 nitrogen and oxygen atoms in total. The molecule has 0 radical (unpaired) electrons. The highest BCUT2D eigenvalue weighted by molar-refractivity contribution is 7.99. The lowest BCUT2D eigenvalue weighted by atomic mass is 9.75. The number of carbonyl (C=O) groups excluding carboxylic acids is 1. The highest BCUT2D eigenvalue weighted by Crippen LogP contribution is 2.35. The summed E-state index contributed by atoms with van der Waals surface area (Å²) in [5.41, 5.74) is 0. The van der Waals surface area contributed by atoms with E-state index in [2.05, 4.69) is 31.0 Å². The molecular weight excluding hydrogens is 357 g/mol. The maximum atomic E-state index is 12.6. The number of halogens is 3. The topological polar surface area (TPSA) is 83.0 Å². The minimum Gasteiger partial charge on any atom is -0.461 e. The number of aromatic nitrogens is 3. The SMILES string of the molecule is CC(C)[C@@H]1CC[C@@H](C)C[C@@H]1OC(=O)CSc1nnc(C(F)(F)F)n1N. The molecule has 142 valence electrons. The number of thioether (sulfide) groups is 1. The zero-order valence-electron chi connectivity index (χ0n) is 14.4. The van der Waals surface area contributed by atoms with Gasteiger partial charge in [0.25, 0.3) is 5.82 Å². The van der Waals surface area contributed by atoms with E-state index in [4.69, 9.17) is 10.6 Å². The third kappa shape index (κ3) is 5.02. The molecule has 1 heterocycles. The standard InChI is InChI=1S/C15H23F3N4O2S/c1-8(2)10-5-4-9(3)6-11(10)24-12(23)7-25-14-21-20-13(22(14)19)15(16,17)18/h8-11H,4-7,19H2,1-3H3/t9-,10+,11+/m1/s1. The summed E-state index contributed by atoms with van der Waals surface area (Å²) in [5.74, 6) is 4.59. The molecule has 0 spiro atoms. The number of nitrogen functional groups attached to an aromatic ring is 1. The Morgan fingerprint density at radius 2 is 2.08 bits per heavy atom. The third-order valence-corrected chi connectivity index (χ3v) is 5.40. The number of hydrogen-bond donors (Lipinski definition) is 1. The predicted octanol–water partition coefficient (Wildman–Crippen LogP) is 3.11. The van der Waals surface area contributed by atoms with E-state index in [0.29, 0.717) is 22.4 Å². The molecule has 1 aliphatic carbocycles. The Bertz CT molecular complexity index is 606. The van der Waals surface area contributed by atoms with Crippen molar-refractivity contribution in [3.8, 4) is 0 Å². The molecule has 2 N–H and O–H groups in total. The summed E-state index contributed by atoms with van der Waals surface area (Å²) in [5, 5.41) is 6.22. The van der Waals surface area contributed by atoms with Gasteiger partial charge >= 0.3 is 12.1 Å². The number of hydrogen-bond acceptors (Lipinski definition) is 6. The molecule has 0 unspecified atom stereocenters. The van der Waals surface area contributed by atoms with Gasteiger partial charge in [-0.15, -0.1) is 10.2 Å². The Labute approximate surface area is 148 Å². The van der Waals surface area contributed by atoms with Gasteiger partial charge in [0.2, 0.25) is 5.16 Å². The van der Waals surface area contributed by atoms with Crippen molar-refractivity contribution in [3.05, 3.63) is 5.82 Å². The average Bonchev–Trinajstić information content (AvgIpc) is 2.86. The van der Waals surface area contributed by atoms with Crippen LogP contribution in [-0.4, -0.2) is 32.7 Å². The fraction of sp³-hybridized carbons (Fsp3) is 0.800. The van der Waals surface area contributed by atoms with E-state index in [1.807, 2.05) is 0 Å². The van der Waals surface area contributed by atoms with Crippen LogP contribution in [-0.2, 0) is 15.7 Å². The van der Waals surface area contributed by atoms with Crippen LogP contribution in [0, 0.1) is 17.8 Å². The van der Waals surface area contributed by atoms with Gasteiger partial charge in [-0.25, -0.2) is 4.68 Å². The first-order valence-electron chi connectivity index (χ1n) is 8.19. The number of nitrogens with two attached hydrogens (primary N) is 1. The predicted molar refractivity (Wildman–Crippen MR) is 87.1 cm³/mol. The summed E-state index contributed by atoms with van der Waals surface area (Å²) in [6.07, 6.45) is -1.91. The number of alkyl halides is 3. The molecule has 0 bridgehead atoms. The van der Waals surface area contributed by atoms with Crippen molar-refractivity contribution in [1.82, 2.24) is 14.9 Å². The number of carbonyl (C=O) groups is 1. The largest absolute Gasteiger partial charge is 0.461 e. The van der Waals surface area contributed by atoms with Gasteiger partial charge in [-0.05, 0) is 30.6 Å². The van der Waals surface area contributed by atoms with Crippen molar-refractivity contribution in [1.29, 1.82) is 0 Å². The Kier molecular flexibility index (Phi) is 6.23. The lowest BCUT2D eigenvalue weighted by molar-refractivity contribution is -0.152. The van der Waals surface area contributed by atoms with Gasteiger partial charge in [0.05, 0.1) is 5.75 Å². The zero-order chi connectivity index (χ0) is 18.8. The number of esters is 1. The number of nitrogens with zero attached hydrogens (tertiary/aromatic N) is 3. The lowest BCUT2D eigenvalue weighted by Crippen LogP contribution is -2.36. The Hall–Kier alpha value is -1.45. The maximum absolute atomic E-state index is 12.6. The van der Waals surface area contributed by atoms with E-state index < -0.39 is 18.0 Å². The summed E-state index contributed by atoms with van der Waals surface area (Å²) < 4.78 is 43.8. The van der Waals surface area contributed by atoms with E-state index in [1.165, 1.54) is 0 Å². The molecule has 0 aliphatic heterocycles. The summed E-state index contributed by atoms with van der Waals surface area (Å²) in [4.78, 5) is 12.1. The summed E-state index contributed by atoms with van der Waals surface area (Å²) in [6, 6.07) is 0. The minimum absolute atomic E-state index is 0.154. The molecule has 10 heteroatoms. The van der Waals surface area contributed by atoms with Gasteiger partial charge < -0.3 is 10.6 Å². The second-order valence-electron chi connectivity index (χ2n) is 6.82. The number of rotatable bonds is 5. The molecule has 0 amide bonds. The smallest absolute Gasteiger partial charge is 0.453 e. The normalized spacial score (nSPS) is 24.5. The van der Waals surface area contributed by atoms with Crippen LogP contribution in [0.2, 0.25) is 0 Å². The Morgan fingerprint density at radius 1 is 1.40 bits per heavy atom. The second kappa shape index (κ2) is 7.84. The maximum Gasteiger partial charge on any atom is 0.453 e. The molecule has 2 rings (SSSR count). The highest BCUT2D eigenvalue weighted by atomic mass is 32.2. The van der Waals surface area contributed by atoms with Crippen molar-refractivity contribution < 1.29 is 22.7 Å². The number of ether oxygens (including phenoxy) is 1. The minimum atomic E-state index is -4.69. The molecule has 0 saturated heterocycles. The highest BCUT2D eigenvalue weighted by Gasteiger charge is 2.38. The van der Waals surface area contributed by atoms with Crippen LogP contribution in [0.1, 0.15) is 45.9 Å². The van der Waals surface area contributed by atoms with Crippen LogP contribution in [0.4, 0.5) is 13.2 Å². The van der Waals surface area contributed by atoms with Crippen LogP contribution in [0.15, 0.2) is 5.16 Å². The van der Waals surface area contributed by atoms with Gasteiger partial charge in [0.1, 0.15) is 6.10 Å². The second-order valence-corrected chi connectivity index (χ2v) is 7.76. The van der Waals surface area contributed by atoms with Crippen molar-refractivity contribution >= 4 is 17.7 Å². The molecular formula is C15H23F3N4O2S. The summed E-state index contributed by atoms with van der Waals surface area (Å²) >= 11 is 0.781. The lowest BCUT2D eigenvalue weighted by Gasteiger charge is -2.36. The van der Waals surface area contributed by atoms with Gasteiger partial charge in [-0.2, -0.15) is 13.2 Å². The molecule has 1 aromatic rings. The fourth-order valence-electron chi connectivity index (χ4n) is 3.15. The third-order valence-electron chi connectivity index (χ3n) is 4.48. The van der Waals surface area contributed by atoms with Crippen molar-refractivity contribution in [2.45, 2.75) is 57.5 Å². The summed E-state index contributed by atoms with van der Waals surface area (Å²) in [6.45, 7) is 6.33. The molecule has 1 saturated carbocycles. The first kappa shape index (κ1) is 19.9. The molecule has 0 aromatic carbocycles. The van der Waals surface area contributed by atoms with E-state index >= 15 is 0 Å². The van der Waals surface area contributed by atoms with E-state index in [-0.39, 0.29) is 17.0 Å².